The van der Waals surface area contributed by atoms with Gasteiger partial charge < -0.3 is 23.7 Å². The second-order valence-corrected chi connectivity index (χ2v) is 8.10. The third kappa shape index (κ3) is 3.70. The van der Waals surface area contributed by atoms with E-state index in [0.717, 1.165) is 11.1 Å². The van der Waals surface area contributed by atoms with E-state index in [2.05, 4.69) is 0 Å². The molecule has 0 spiro atoms. The molecule has 1 aliphatic heterocycles. The molecule has 4 rings (SSSR count). The van der Waals surface area contributed by atoms with Gasteiger partial charge in [0.1, 0.15) is 17.2 Å². The maximum Gasteiger partial charge on any atom is 0.347 e. The molecule has 3 aromatic rings. The van der Waals surface area contributed by atoms with Crippen molar-refractivity contribution in [2.75, 3.05) is 21.3 Å². The molecule has 172 valence electrons. The van der Waals surface area contributed by atoms with Crippen LogP contribution in [-0.2, 0) is 25.5 Å². The van der Waals surface area contributed by atoms with Gasteiger partial charge in [0.05, 0.1) is 27.4 Å². The zero-order valence-corrected chi connectivity index (χ0v) is 19.5. The van der Waals surface area contributed by atoms with Gasteiger partial charge in [-0.05, 0) is 66.9 Å². The molecular formula is C27H28O6. The summed E-state index contributed by atoms with van der Waals surface area (Å²) in [5.74, 6) is 1.66. The van der Waals surface area contributed by atoms with Crippen LogP contribution >= 0.6 is 0 Å². The fourth-order valence-corrected chi connectivity index (χ4v) is 4.23. The molecule has 0 amide bonds. The molecule has 1 fully saturated rings. The predicted molar refractivity (Wildman–Crippen MR) is 124 cm³/mol. The number of hydrogen-bond donors (Lipinski definition) is 0. The number of hydrogen-bond acceptors (Lipinski definition) is 6. The first-order valence-electron chi connectivity index (χ1n) is 10.8. The SMILES string of the molecule is COc1ccc(C2(C(=O)OC(C)C)OC2(c2ccc(OC)cc2)c2ccc(OC)cc2)cc1. The summed E-state index contributed by atoms with van der Waals surface area (Å²) in [5.41, 5.74) is -0.158. The Balaban J connectivity index is 1.93. The van der Waals surface area contributed by atoms with Gasteiger partial charge in [-0.15, -0.1) is 0 Å². The Morgan fingerprint density at radius 2 is 1.03 bits per heavy atom. The molecule has 1 unspecified atom stereocenters. The monoisotopic (exact) mass is 448 g/mol. The average Bonchev–Trinajstić information content (AvgIpc) is 3.56. The maximum absolute atomic E-state index is 13.7. The van der Waals surface area contributed by atoms with E-state index in [9.17, 15) is 4.79 Å². The molecule has 1 aliphatic rings. The minimum absolute atomic E-state index is 0.304. The van der Waals surface area contributed by atoms with Crippen molar-refractivity contribution in [3.63, 3.8) is 0 Å². The van der Waals surface area contributed by atoms with Crippen LogP contribution in [-0.4, -0.2) is 33.4 Å². The normalized spacial score (nSPS) is 18.5. The predicted octanol–water partition coefficient (Wildman–Crippen LogP) is 4.83. The van der Waals surface area contributed by atoms with Crippen molar-refractivity contribution in [1.29, 1.82) is 0 Å². The third-order valence-electron chi connectivity index (χ3n) is 5.88. The summed E-state index contributed by atoms with van der Waals surface area (Å²) in [7, 11) is 4.83. The van der Waals surface area contributed by atoms with Gasteiger partial charge in [-0.2, -0.15) is 0 Å². The summed E-state index contributed by atoms with van der Waals surface area (Å²) in [6.45, 7) is 3.65. The Hall–Kier alpha value is -3.51. The molecule has 6 heteroatoms. The summed E-state index contributed by atoms with van der Waals surface area (Å²) in [6.07, 6.45) is -0.304. The molecule has 1 heterocycles. The Morgan fingerprint density at radius 3 is 1.36 bits per heavy atom. The highest BCUT2D eigenvalue weighted by atomic mass is 16.7. The standard InChI is InChI=1S/C27H28O6/c1-18(2)32-25(28)27(21-10-16-24(31-5)17-11-21)26(33-27,19-6-12-22(29-3)13-7-19)20-8-14-23(30-4)15-9-20/h6-18H,1-5H3. The summed E-state index contributed by atoms with van der Waals surface area (Å²) < 4.78 is 28.3. The highest BCUT2D eigenvalue weighted by Crippen LogP contribution is 2.66. The second-order valence-electron chi connectivity index (χ2n) is 8.10. The molecule has 0 aliphatic carbocycles. The Labute approximate surface area is 194 Å². The van der Waals surface area contributed by atoms with Gasteiger partial charge in [-0.25, -0.2) is 4.79 Å². The molecule has 6 nitrogen and oxygen atoms in total. The molecule has 0 N–H and O–H groups in total. The van der Waals surface area contributed by atoms with Crippen LogP contribution in [0.1, 0.15) is 30.5 Å². The molecule has 0 radical (unpaired) electrons. The van der Waals surface area contributed by atoms with Crippen molar-refractivity contribution < 1.29 is 28.5 Å². The fourth-order valence-electron chi connectivity index (χ4n) is 4.23. The number of methoxy groups -OCH3 is 3. The molecule has 3 aromatic carbocycles. The van der Waals surface area contributed by atoms with Crippen LogP contribution in [0.5, 0.6) is 17.2 Å². The van der Waals surface area contributed by atoms with Crippen molar-refractivity contribution in [3.8, 4) is 17.2 Å². The Morgan fingerprint density at radius 1 is 0.667 bits per heavy atom. The molecule has 33 heavy (non-hydrogen) atoms. The van der Waals surface area contributed by atoms with Crippen LogP contribution in [0.4, 0.5) is 0 Å². The Kier molecular flexibility index (Phi) is 6.04. The van der Waals surface area contributed by atoms with Crippen molar-refractivity contribution in [1.82, 2.24) is 0 Å². The van der Waals surface area contributed by atoms with Gasteiger partial charge in [0.2, 0.25) is 5.60 Å². The smallest absolute Gasteiger partial charge is 0.347 e. The average molecular weight is 449 g/mol. The van der Waals surface area contributed by atoms with Crippen LogP contribution in [0.15, 0.2) is 72.8 Å². The number of epoxide rings is 1. The third-order valence-corrected chi connectivity index (χ3v) is 5.88. The van der Waals surface area contributed by atoms with Crippen LogP contribution in [0.25, 0.3) is 0 Å². The first-order valence-corrected chi connectivity index (χ1v) is 10.8. The first kappa shape index (κ1) is 22.7. The van der Waals surface area contributed by atoms with Crippen LogP contribution in [0.3, 0.4) is 0 Å². The summed E-state index contributed by atoms with van der Waals surface area (Å²) in [4.78, 5) is 13.7. The lowest BCUT2D eigenvalue weighted by Gasteiger charge is -2.22. The Bertz CT molecular complexity index is 1060. The van der Waals surface area contributed by atoms with E-state index in [1.807, 2.05) is 86.6 Å². The number of benzene rings is 3. The number of rotatable bonds is 8. The number of esters is 1. The van der Waals surface area contributed by atoms with E-state index in [-0.39, 0.29) is 6.10 Å². The summed E-state index contributed by atoms with van der Waals surface area (Å²) in [6, 6.07) is 22.4. The zero-order valence-electron chi connectivity index (χ0n) is 19.5. The van der Waals surface area contributed by atoms with Gasteiger partial charge in [-0.3, -0.25) is 0 Å². The molecule has 0 aromatic heterocycles. The highest BCUT2D eigenvalue weighted by molar-refractivity contribution is 5.89. The van der Waals surface area contributed by atoms with Gasteiger partial charge >= 0.3 is 5.97 Å². The number of ether oxygens (including phenoxy) is 5. The van der Waals surface area contributed by atoms with Gasteiger partial charge in [0.15, 0.2) is 5.60 Å². The lowest BCUT2D eigenvalue weighted by atomic mass is 9.77. The highest BCUT2D eigenvalue weighted by Gasteiger charge is 2.78. The summed E-state index contributed by atoms with van der Waals surface area (Å²) in [5, 5.41) is 0. The molecular weight excluding hydrogens is 420 g/mol. The lowest BCUT2D eigenvalue weighted by molar-refractivity contribution is -0.154. The largest absolute Gasteiger partial charge is 0.497 e. The zero-order chi connectivity index (χ0) is 23.6. The van der Waals surface area contributed by atoms with Crippen molar-refractivity contribution >= 4 is 5.97 Å². The van der Waals surface area contributed by atoms with E-state index in [1.165, 1.54) is 0 Å². The van der Waals surface area contributed by atoms with E-state index >= 15 is 0 Å². The molecule has 0 saturated carbocycles. The fraction of sp³-hybridized carbons (Fsp3) is 0.296. The molecule has 1 saturated heterocycles. The van der Waals surface area contributed by atoms with Gasteiger partial charge in [0.25, 0.3) is 0 Å². The molecule has 0 bridgehead atoms. The lowest BCUT2D eigenvalue weighted by Crippen LogP contribution is -2.34. The van der Waals surface area contributed by atoms with Crippen molar-refractivity contribution in [2.45, 2.75) is 31.2 Å². The first-order chi connectivity index (χ1) is 15.9. The van der Waals surface area contributed by atoms with E-state index in [0.29, 0.717) is 22.8 Å². The van der Waals surface area contributed by atoms with E-state index < -0.39 is 17.2 Å². The molecule has 1 atom stereocenters. The van der Waals surface area contributed by atoms with Crippen LogP contribution in [0.2, 0.25) is 0 Å². The van der Waals surface area contributed by atoms with E-state index in [1.54, 1.807) is 21.3 Å². The maximum atomic E-state index is 13.7. The van der Waals surface area contributed by atoms with Gasteiger partial charge in [0, 0.05) is 0 Å². The second kappa shape index (κ2) is 8.79. The van der Waals surface area contributed by atoms with E-state index in [4.69, 9.17) is 23.7 Å². The van der Waals surface area contributed by atoms with Crippen LogP contribution in [0, 0.1) is 0 Å². The minimum atomic E-state index is -1.37. The van der Waals surface area contributed by atoms with Crippen molar-refractivity contribution in [2.24, 2.45) is 0 Å². The topological polar surface area (TPSA) is 66.5 Å². The van der Waals surface area contributed by atoms with Crippen molar-refractivity contribution in [3.05, 3.63) is 89.5 Å². The van der Waals surface area contributed by atoms with Gasteiger partial charge in [-0.1, -0.05) is 36.4 Å². The van der Waals surface area contributed by atoms with Crippen LogP contribution < -0.4 is 14.2 Å². The quantitative estimate of drug-likeness (QED) is 0.363. The minimum Gasteiger partial charge on any atom is -0.497 e. The summed E-state index contributed by atoms with van der Waals surface area (Å²) >= 11 is 0. The number of carbonyl (C=O) groups is 1. The number of carbonyl (C=O) groups excluding carboxylic acids is 1.